The van der Waals surface area contributed by atoms with Crippen molar-refractivity contribution in [2.75, 3.05) is 37.6 Å². The molecule has 6 rings (SSSR count). The smallest absolute Gasteiger partial charge is 0.390 e. The van der Waals surface area contributed by atoms with Crippen molar-refractivity contribution in [1.82, 2.24) is 19.4 Å². The van der Waals surface area contributed by atoms with E-state index in [4.69, 9.17) is 22.3 Å². The first-order chi connectivity index (χ1) is 21.7. The zero-order chi connectivity index (χ0) is 33.1. The van der Waals surface area contributed by atoms with E-state index < -0.39 is 24.2 Å². The third kappa shape index (κ3) is 5.88. The fraction of sp³-hybridized carbons (Fsp3) is 0.394. The lowest BCUT2D eigenvalue weighted by Gasteiger charge is -2.40. The van der Waals surface area contributed by atoms with Crippen LogP contribution in [0.4, 0.5) is 33.6 Å². The van der Waals surface area contributed by atoms with E-state index in [0.29, 0.717) is 64.2 Å². The lowest BCUT2D eigenvalue weighted by molar-refractivity contribution is -0.138. The van der Waals surface area contributed by atoms with Crippen molar-refractivity contribution in [3.63, 3.8) is 0 Å². The summed E-state index contributed by atoms with van der Waals surface area (Å²) in [5.41, 5.74) is 8.88. The minimum absolute atomic E-state index is 0.0254. The lowest BCUT2D eigenvalue weighted by atomic mass is 9.95. The van der Waals surface area contributed by atoms with E-state index >= 15 is 8.78 Å². The summed E-state index contributed by atoms with van der Waals surface area (Å²) in [6.07, 6.45) is -0.0965. The van der Waals surface area contributed by atoms with Crippen LogP contribution in [0.3, 0.4) is 0 Å². The van der Waals surface area contributed by atoms with Gasteiger partial charge in [0.05, 0.1) is 23.6 Å². The van der Waals surface area contributed by atoms with E-state index in [2.05, 4.69) is 23.0 Å². The number of nitrogens with zero attached hydrogens (tertiary/aromatic N) is 6. The molecule has 0 saturated carbocycles. The number of fused-ring (bicyclic) bond motifs is 2. The first-order valence-corrected chi connectivity index (χ1v) is 15.5. The van der Waals surface area contributed by atoms with Crippen LogP contribution in [0, 0.1) is 18.6 Å². The van der Waals surface area contributed by atoms with Gasteiger partial charge in [0.1, 0.15) is 17.5 Å². The molecular weight excluding hydrogens is 625 g/mol. The maximum absolute atomic E-state index is 15.7. The molecule has 1 aromatic carbocycles. The van der Waals surface area contributed by atoms with Gasteiger partial charge in [0.15, 0.2) is 11.6 Å². The normalized spacial score (nSPS) is 18.6. The van der Waals surface area contributed by atoms with Gasteiger partial charge in [0.25, 0.3) is 0 Å². The topological polar surface area (TPSA) is 65.9 Å². The van der Waals surface area contributed by atoms with E-state index in [1.807, 2.05) is 27.4 Å². The minimum atomic E-state index is -4.20. The van der Waals surface area contributed by atoms with Crippen LogP contribution < -0.4 is 10.6 Å². The second kappa shape index (κ2) is 12.0. The molecule has 2 aromatic heterocycles. The SMILES string of the molecule is C=C(N)c1cc(-c2cn(Cc3cc(N4CCN(CCC(F)(F)F)CC4C)ncc3Cl)c3c2C(=C)N2CCCC2=N3)c(F)c(F)c1C. The monoisotopic (exact) mass is 659 g/mol. The highest BCUT2D eigenvalue weighted by Crippen LogP contribution is 2.46. The second-order valence-electron chi connectivity index (χ2n) is 12.2. The Balaban J connectivity index is 1.37. The third-order valence-corrected chi connectivity index (χ3v) is 9.40. The average Bonchev–Trinajstić information content (AvgIpc) is 3.61. The quantitative estimate of drug-likeness (QED) is 0.269. The maximum Gasteiger partial charge on any atom is 0.390 e. The molecule has 0 bridgehead atoms. The standard InChI is InChI=1S/C33H35ClF5N7/c1-18-15-43(9-7-33(37,38)39)10-11-45(18)28-12-22(26(34)14-41-28)16-44-17-25(24-13-23(20(3)40)19(2)30(35)31(24)36)29-21(4)46-8-5-6-27(46)42-32(29)44/h12-14,17-18H,3-11,15-16,40H2,1-2H3. The number of alkyl halides is 3. The Hall–Kier alpha value is -3.90. The summed E-state index contributed by atoms with van der Waals surface area (Å²) in [6, 6.07) is 3.30. The van der Waals surface area contributed by atoms with Gasteiger partial charge in [-0.15, -0.1) is 0 Å². The Kier molecular flexibility index (Phi) is 8.39. The van der Waals surface area contributed by atoms with Crippen LogP contribution in [-0.4, -0.2) is 70.1 Å². The van der Waals surface area contributed by atoms with E-state index in [-0.39, 0.29) is 36.0 Å². The van der Waals surface area contributed by atoms with Crippen molar-refractivity contribution in [2.24, 2.45) is 10.7 Å². The number of piperazine rings is 1. The number of hydrogen-bond acceptors (Lipinski definition) is 6. The van der Waals surface area contributed by atoms with Crippen LogP contribution in [-0.2, 0) is 6.54 Å². The molecule has 2 saturated heterocycles. The van der Waals surface area contributed by atoms with Crippen molar-refractivity contribution in [3.8, 4) is 11.1 Å². The van der Waals surface area contributed by atoms with Gasteiger partial charge >= 0.3 is 6.18 Å². The van der Waals surface area contributed by atoms with Crippen molar-refractivity contribution < 1.29 is 22.0 Å². The van der Waals surface area contributed by atoms with Crippen LogP contribution in [0.15, 0.2) is 42.7 Å². The molecule has 46 heavy (non-hydrogen) atoms. The number of pyridine rings is 1. The van der Waals surface area contributed by atoms with Crippen LogP contribution in [0.5, 0.6) is 0 Å². The Bertz CT molecular complexity index is 1760. The van der Waals surface area contributed by atoms with Gasteiger partial charge in [-0.1, -0.05) is 24.8 Å². The summed E-state index contributed by atoms with van der Waals surface area (Å²) in [6.45, 7) is 13.9. The van der Waals surface area contributed by atoms with E-state index in [9.17, 15) is 13.2 Å². The molecule has 13 heteroatoms. The molecule has 2 fully saturated rings. The van der Waals surface area contributed by atoms with Crippen molar-refractivity contribution >= 4 is 40.5 Å². The molecule has 2 N–H and O–H groups in total. The molecule has 1 unspecified atom stereocenters. The Morgan fingerprint density at radius 1 is 1.13 bits per heavy atom. The van der Waals surface area contributed by atoms with E-state index in [1.54, 1.807) is 12.4 Å². The predicted molar refractivity (Wildman–Crippen MR) is 172 cm³/mol. The van der Waals surface area contributed by atoms with Crippen LogP contribution in [0.2, 0.25) is 5.02 Å². The van der Waals surface area contributed by atoms with Crippen LogP contribution >= 0.6 is 11.6 Å². The Labute approximate surface area is 269 Å². The van der Waals surface area contributed by atoms with Gasteiger partial charge < -0.3 is 20.1 Å². The third-order valence-electron chi connectivity index (χ3n) is 9.06. The van der Waals surface area contributed by atoms with Gasteiger partial charge in [-0.25, -0.2) is 18.8 Å². The molecule has 0 radical (unpaired) electrons. The fourth-order valence-electron chi connectivity index (χ4n) is 6.64. The number of rotatable bonds is 7. The van der Waals surface area contributed by atoms with Gasteiger partial charge in [-0.3, -0.25) is 4.90 Å². The average molecular weight is 660 g/mol. The maximum atomic E-state index is 15.7. The first-order valence-electron chi connectivity index (χ1n) is 15.1. The number of hydrogen-bond donors (Lipinski definition) is 1. The highest BCUT2D eigenvalue weighted by atomic mass is 35.5. The zero-order valence-corrected chi connectivity index (χ0v) is 26.4. The van der Waals surface area contributed by atoms with E-state index in [0.717, 1.165) is 25.2 Å². The van der Waals surface area contributed by atoms with Gasteiger partial charge in [0, 0.05) is 85.7 Å². The molecule has 3 aliphatic rings. The van der Waals surface area contributed by atoms with Crippen molar-refractivity contribution in [1.29, 1.82) is 0 Å². The number of benzene rings is 1. The number of amidine groups is 1. The summed E-state index contributed by atoms with van der Waals surface area (Å²) < 4.78 is 71.1. The van der Waals surface area contributed by atoms with Crippen LogP contribution in [0.1, 0.15) is 48.4 Å². The molecule has 0 spiro atoms. The molecule has 3 aliphatic heterocycles. The molecular formula is C33H35ClF5N7. The highest BCUT2D eigenvalue weighted by Gasteiger charge is 2.34. The molecule has 7 nitrogen and oxygen atoms in total. The Morgan fingerprint density at radius 2 is 1.89 bits per heavy atom. The largest absolute Gasteiger partial charge is 0.399 e. The van der Waals surface area contributed by atoms with E-state index in [1.165, 1.54) is 13.0 Å². The van der Waals surface area contributed by atoms with Crippen molar-refractivity contribution in [2.45, 2.75) is 51.9 Å². The summed E-state index contributed by atoms with van der Waals surface area (Å²) in [4.78, 5) is 15.4. The molecule has 5 heterocycles. The first kappa shape index (κ1) is 32.1. The minimum Gasteiger partial charge on any atom is -0.399 e. The number of anilines is 1. The Morgan fingerprint density at radius 3 is 2.59 bits per heavy atom. The molecule has 3 aromatic rings. The van der Waals surface area contributed by atoms with Crippen LogP contribution in [0.25, 0.3) is 22.5 Å². The fourth-order valence-corrected chi connectivity index (χ4v) is 6.80. The summed E-state index contributed by atoms with van der Waals surface area (Å²) in [5, 5.41) is 0.406. The molecule has 0 amide bonds. The predicted octanol–water partition coefficient (Wildman–Crippen LogP) is 7.34. The van der Waals surface area contributed by atoms with Gasteiger partial charge in [0.2, 0.25) is 0 Å². The van der Waals surface area contributed by atoms with Crippen molar-refractivity contribution in [3.05, 3.63) is 76.6 Å². The van der Waals surface area contributed by atoms with Gasteiger partial charge in [-0.2, -0.15) is 13.2 Å². The number of halogens is 6. The zero-order valence-electron chi connectivity index (χ0n) is 25.7. The number of aliphatic imine (C=N–C) groups is 1. The molecule has 0 aliphatic carbocycles. The lowest BCUT2D eigenvalue weighted by Crippen LogP contribution is -2.52. The summed E-state index contributed by atoms with van der Waals surface area (Å²) in [5.74, 6) is 0.0661. The number of nitrogens with two attached hydrogens (primary N) is 1. The number of aromatic nitrogens is 2. The molecule has 244 valence electrons. The summed E-state index contributed by atoms with van der Waals surface area (Å²) in [7, 11) is 0. The highest BCUT2D eigenvalue weighted by molar-refractivity contribution is 6.31. The second-order valence-corrected chi connectivity index (χ2v) is 12.6. The van der Waals surface area contributed by atoms with Gasteiger partial charge in [-0.05, 0) is 43.5 Å². The molecule has 1 atom stereocenters. The summed E-state index contributed by atoms with van der Waals surface area (Å²) >= 11 is 6.67.